The summed E-state index contributed by atoms with van der Waals surface area (Å²) in [6, 6.07) is 0. The molecule has 0 atom stereocenters. The zero-order chi connectivity index (χ0) is 7.45. The van der Waals surface area contributed by atoms with Gasteiger partial charge in [0.1, 0.15) is 0 Å². The van der Waals surface area contributed by atoms with Crippen LogP contribution in [0.4, 0.5) is 0 Å². The van der Waals surface area contributed by atoms with E-state index in [9.17, 15) is 0 Å². The van der Waals surface area contributed by atoms with Crippen LogP contribution in [0.5, 0.6) is 0 Å². The summed E-state index contributed by atoms with van der Waals surface area (Å²) in [7, 11) is 0. The molecule has 0 amide bonds. The van der Waals surface area contributed by atoms with Gasteiger partial charge in [0.25, 0.3) is 0 Å². The Morgan fingerprint density at radius 3 is 2.20 bits per heavy atom. The number of ether oxygens (including phenoxy) is 1. The van der Waals surface area contributed by atoms with Crippen LogP contribution in [0, 0.1) is 0 Å². The third-order valence-electron chi connectivity index (χ3n) is 2.72. The van der Waals surface area contributed by atoms with Gasteiger partial charge in [0.05, 0.1) is 5.60 Å². The molecule has 0 N–H and O–H groups in total. The van der Waals surface area contributed by atoms with Gasteiger partial charge in [-0.2, -0.15) is 0 Å². The van der Waals surface area contributed by atoms with E-state index < -0.39 is 0 Å². The van der Waals surface area contributed by atoms with Crippen molar-refractivity contribution in [2.45, 2.75) is 51.6 Å². The summed E-state index contributed by atoms with van der Waals surface area (Å²) in [6.45, 7) is 5.45. The van der Waals surface area contributed by atoms with Crippen LogP contribution in [-0.2, 0) is 4.74 Å². The molecular weight excluding hydrogens is 124 g/mol. The van der Waals surface area contributed by atoms with Gasteiger partial charge in [-0.15, -0.1) is 0 Å². The van der Waals surface area contributed by atoms with Crippen molar-refractivity contribution in [1.82, 2.24) is 0 Å². The molecule has 1 saturated heterocycles. The first-order valence-electron chi connectivity index (χ1n) is 4.47. The molecule has 0 bridgehead atoms. The minimum atomic E-state index is 0.262. The zero-order valence-corrected chi connectivity index (χ0v) is 7.15. The van der Waals surface area contributed by atoms with Gasteiger partial charge in [0.15, 0.2) is 0 Å². The van der Waals surface area contributed by atoms with Gasteiger partial charge >= 0.3 is 0 Å². The van der Waals surface area contributed by atoms with Crippen LogP contribution < -0.4 is 0 Å². The average molecular weight is 142 g/mol. The molecule has 0 saturated carbocycles. The molecule has 0 radical (unpaired) electrons. The van der Waals surface area contributed by atoms with Crippen LogP contribution in [0.3, 0.4) is 0 Å². The highest BCUT2D eigenvalue weighted by Gasteiger charge is 2.28. The monoisotopic (exact) mass is 142 g/mol. The standard InChI is InChI=1S/C9H18O/c1-3-9(4-2)7-5-6-8-10-9/h3-8H2,1-2H3. The van der Waals surface area contributed by atoms with E-state index in [-0.39, 0.29) is 5.60 Å². The molecule has 1 heteroatoms. The Morgan fingerprint density at radius 2 is 1.90 bits per heavy atom. The smallest absolute Gasteiger partial charge is 0.0677 e. The van der Waals surface area contributed by atoms with Crippen LogP contribution in [-0.4, -0.2) is 12.2 Å². The Balaban J connectivity index is 2.44. The minimum Gasteiger partial charge on any atom is -0.375 e. The van der Waals surface area contributed by atoms with E-state index in [0.29, 0.717) is 0 Å². The molecule has 60 valence electrons. The molecule has 1 heterocycles. The first kappa shape index (κ1) is 8.06. The van der Waals surface area contributed by atoms with E-state index in [1.807, 2.05) is 0 Å². The predicted octanol–water partition coefficient (Wildman–Crippen LogP) is 2.75. The fourth-order valence-corrected chi connectivity index (χ4v) is 1.72. The minimum absolute atomic E-state index is 0.262. The highest BCUT2D eigenvalue weighted by molar-refractivity contribution is 4.80. The Bertz CT molecular complexity index is 86.9. The van der Waals surface area contributed by atoms with Gasteiger partial charge in [-0.25, -0.2) is 0 Å². The van der Waals surface area contributed by atoms with Crippen LogP contribution in [0.15, 0.2) is 0 Å². The summed E-state index contributed by atoms with van der Waals surface area (Å²) in [5.74, 6) is 0. The van der Waals surface area contributed by atoms with Crippen molar-refractivity contribution in [1.29, 1.82) is 0 Å². The van der Waals surface area contributed by atoms with Gasteiger partial charge in [-0.05, 0) is 32.1 Å². The molecule has 0 aromatic heterocycles. The average Bonchev–Trinajstić information content (AvgIpc) is 2.06. The number of hydrogen-bond acceptors (Lipinski definition) is 1. The van der Waals surface area contributed by atoms with Crippen LogP contribution in [0.2, 0.25) is 0 Å². The highest BCUT2D eigenvalue weighted by Crippen LogP contribution is 2.30. The van der Waals surface area contributed by atoms with Gasteiger partial charge in [-0.1, -0.05) is 13.8 Å². The van der Waals surface area contributed by atoms with E-state index in [1.54, 1.807) is 0 Å². The van der Waals surface area contributed by atoms with E-state index in [2.05, 4.69) is 13.8 Å². The molecule has 1 rings (SSSR count). The Hall–Kier alpha value is -0.0400. The lowest BCUT2D eigenvalue weighted by molar-refractivity contribution is -0.0827. The second kappa shape index (κ2) is 3.38. The first-order chi connectivity index (χ1) is 4.83. The fraction of sp³-hybridized carbons (Fsp3) is 1.00. The summed E-state index contributed by atoms with van der Waals surface area (Å²) in [5.41, 5.74) is 0.262. The molecule has 0 unspecified atom stereocenters. The van der Waals surface area contributed by atoms with Gasteiger partial charge in [0.2, 0.25) is 0 Å². The van der Waals surface area contributed by atoms with Gasteiger partial charge < -0.3 is 4.74 Å². The Kier molecular flexibility index (Phi) is 2.72. The summed E-state index contributed by atoms with van der Waals surface area (Å²) in [6.07, 6.45) is 6.27. The Morgan fingerprint density at radius 1 is 1.20 bits per heavy atom. The van der Waals surface area contributed by atoms with Gasteiger partial charge in [0, 0.05) is 6.61 Å². The highest BCUT2D eigenvalue weighted by atomic mass is 16.5. The molecule has 1 fully saturated rings. The quantitative estimate of drug-likeness (QED) is 0.576. The summed E-state index contributed by atoms with van der Waals surface area (Å²) < 4.78 is 5.76. The first-order valence-corrected chi connectivity index (χ1v) is 4.47. The summed E-state index contributed by atoms with van der Waals surface area (Å²) >= 11 is 0. The molecule has 1 aliphatic heterocycles. The second-order valence-electron chi connectivity index (χ2n) is 3.20. The van der Waals surface area contributed by atoms with Crippen molar-refractivity contribution in [2.75, 3.05) is 6.61 Å². The molecule has 0 aromatic carbocycles. The third-order valence-corrected chi connectivity index (χ3v) is 2.72. The molecule has 1 nitrogen and oxygen atoms in total. The lowest BCUT2D eigenvalue weighted by Gasteiger charge is -2.35. The van der Waals surface area contributed by atoms with Crippen molar-refractivity contribution in [3.8, 4) is 0 Å². The van der Waals surface area contributed by atoms with Crippen molar-refractivity contribution >= 4 is 0 Å². The maximum atomic E-state index is 5.76. The zero-order valence-electron chi connectivity index (χ0n) is 7.15. The van der Waals surface area contributed by atoms with E-state index in [0.717, 1.165) is 6.61 Å². The second-order valence-corrected chi connectivity index (χ2v) is 3.20. The molecular formula is C9H18O. The number of hydrogen-bond donors (Lipinski definition) is 0. The van der Waals surface area contributed by atoms with Crippen LogP contribution in [0.25, 0.3) is 0 Å². The summed E-state index contributed by atoms with van der Waals surface area (Å²) in [5, 5.41) is 0. The van der Waals surface area contributed by atoms with Crippen molar-refractivity contribution in [3.63, 3.8) is 0 Å². The normalized spacial score (nSPS) is 24.6. The van der Waals surface area contributed by atoms with Crippen LogP contribution >= 0.6 is 0 Å². The van der Waals surface area contributed by atoms with Crippen molar-refractivity contribution in [3.05, 3.63) is 0 Å². The molecule has 1 aliphatic rings. The molecule has 0 aliphatic carbocycles. The van der Waals surface area contributed by atoms with E-state index in [1.165, 1.54) is 32.1 Å². The third kappa shape index (κ3) is 1.51. The maximum absolute atomic E-state index is 5.76. The maximum Gasteiger partial charge on any atom is 0.0677 e. The van der Waals surface area contributed by atoms with Gasteiger partial charge in [-0.3, -0.25) is 0 Å². The topological polar surface area (TPSA) is 9.23 Å². The molecule has 0 aromatic rings. The predicted molar refractivity (Wildman–Crippen MR) is 43.1 cm³/mol. The van der Waals surface area contributed by atoms with E-state index in [4.69, 9.17) is 4.74 Å². The van der Waals surface area contributed by atoms with Crippen molar-refractivity contribution in [2.24, 2.45) is 0 Å². The van der Waals surface area contributed by atoms with Crippen LogP contribution in [0.1, 0.15) is 46.0 Å². The van der Waals surface area contributed by atoms with E-state index >= 15 is 0 Å². The summed E-state index contributed by atoms with van der Waals surface area (Å²) in [4.78, 5) is 0. The van der Waals surface area contributed by atoms with Crippen molar-refractivity contribution < 1.29 is 4.74 Å². The Labute approximate surface area is 63.8 Å². The lowest BCUT2D eigenvalue weighted by atomic mass is 9.89. The lowest BCUT2D eigenvalue weighted by Crippen LogP contribution is -2.34. The molecule has 0 spiro atoms. The number of rotatable bonds is 2. The largest absolute Gasteiger partial charge is 0.375 e. The SMILES string of the molecule is CCC1(CC)CCCCO1. The fourth-order valence-electron chi connectivity index (χ4n) is 1.72. The molecule has 10 heavy (non-hydrogen) atoms.